The van der Waals surface area contributed by atoms with Crippen LogP contribution in [0.15, 0.2) is 67.3 Å². The predicted octanol–water partition coefficient (Wildman–Crippen LogP) is 4.98. The Morgan fingerprint density at radius 1 is 1.00 bits per heavy atom. The molecule has 0 spiro atoms. The molecule has 5 aromatic rings. The molecule has 0 N–H and O–H groups in total. The van der Waals surface area contributed by atoms with Crippen molar-refractivity contribution in [2.45, 2.75) is 13.1 Å². The molecule has 5 rings (SSSR count). The average Bonchev–Trinajstić information content (AvgIpc) is 3.44. The van der Waals surface area contributed by atoms with Gasteiger partial charge in [0.2, 0.25) is 0 Å². The molecule has 166 valence electrons. The van der Waals surface area contributed by atoms with Crippen molar-refractivity contribution in [1.82, 2.24) is 29.1 Å². The highest BCUT2D eigenvalue weighted by Crippen LogP contribution is 2.37. The van der Waals surface area contributed by atoms with Crippen molar-refractivity contribution < 1.29 is 17.9 Å². The Hall–Kier alpha value is -4.21. The standard InChI is InChI=1S/C23H17F3N6O/c1-14-12-31(13-28-14)19-8-7-15(11-20(19)33-2)21-29-22-27-10-9-18(32(22)30-21)16-5-3-4-6-17(16)23(24,25)26/h3-13H,1-2H3. The fourth-order valence-electron chi connectivity index (χ4n) is 3.66. The van der Waals surface area contributed by atoms with Gasteiger partial charge in [-0.05, 0) is 37.3 Å². The second-order valence-corrected chi connectivity index (χ2v) is 7.33. The fourth-order valence-corrected chi connectivity index (χ4v) is 3.66. The monoisotopic (exact) mass is 450 g/mol. The second-order valence-electron chi connectivity index (χ2n) is 7.33. The number of rotatable bonds is 4. The number of aryl methyl sites for hydroxylation is 1. The lowest BCUT2D eigenvalue weighted by Gasteiger charge is -2.13. The van der Waals surface area contributed by atoms with E-state index < -0.39 is 11.7 Å². The van der Waals surface area contributed by atoms with Gasteiger partial charge in [0.15, 0.2) is 5.82 Å². The summed E-state index contributed by atoms with van der Waals surface area (Å²) in [6.45, 7) is 1.89. The lowest BCUT2D eigenvalue weighted by Crippen LogP contribution is -2.08. The van der Waals surface area contributed by atoms with E-state index in [0.717, 1.165) is 17.4 Å². The zero-order valence-electron chi connectivity index (χ0n) is 17.6. The third kappa shape index (κ3) is 3.69. The van der Waals surface area contributed by atoms with E-state index in [4.69, 9.17) is 4.74 Å². The Morgan fingerprint density at radius 2 is 1.82 bits per heavy atom. The summed E-state index contributed by atoms with van der Waals surface area (Å²) in [5, 5.41) is 4.47. The van der Waals surface area contributed by atoms with E-state index in [1.54, 1.807) is 25.6 Å². The lowest BCUT2D eigenvalue weighted by molar-refractivity contribution is -0.137. The van der Waals surface area contributed by atoms with Crippen LogP contribution in [0.1, 0.15) is 11.3 Å². The maximum Gasteiger partial charge on any atom is 0.417 e. The fraction of sp³-hybridized carbons (Fsp3) is 0.130. The van der Waals surface area contributed by atoms with Gasteiger partial charge in [0.05, 0.1) is 36.1 Å². The molecule has 3 heterocycles. The number of nitrogens with zero attached hydrogens (tertiary/aromatic N) is 6. The molecule has 0 atom stereocenters. The minimum atomic E-state index is -4.51. The quantitative estimate of drug-likeness (QED) is 0.386. The summed E-state index contributed by atoms with van der Waals surface area (Å²) in [4.78, 5) is 12.8. The Kier molecular flexibility index (Phi) is 4.85. The van der Waals surface area contributed by atoms with Gasteiger partial charge in [0.25, 0.3) is 5.78 Å². The van der Waals surface area contributed by atoms with E-state index in [9.17, 15) is 13.2 Å². The van der Waals surface area contributed by atoms with Crippen molar-refractivity contribution in [3.05, 3.63) is 78.5 Å². The first-order valence-electron chi connectivity index (χ1n) is 9.93. The summed E-state index contributed by atoms with van der Waals surface area (Å²) in [6.07, 6.45) is 0.463. The van der Waals surface area contributed by atoms with Gasteiger partial charge in [-0.2, -0.15) is 22.7 Å². The molecule has 0 saturated heterocycles. The van der Waals surface area contributed by atoms with Gasteiger partial charge in [-0.1, -0.05) is 18.2 Å². The van der Waals surface area contributed by atoms with Crippen LogP contribution in [0.25, 0.3) is 34.1 Å². The first-order valence-corrected chi connectivity index (χ1v) is 9.93. The molecule has 33 heavy (non-hydrogen) atoms. The van der Waals surface area contributed by atoms with Crippen LogP contribution >= 0.6 is 0 Å². The van der Waals surface area contributed by atoms with Crippen LogP contribution in [-0.4, -0.2) is 36.2 Å². The van der Waals surface area contributed by atoms with Crippen LogP contribution in [0.3, 0.4) is 0 Å². The SMILES string of the molecule is COc1cc(-c2nc3nccc(-c4ccccc4C(F)(F)F)n3n2)ccc1-n1cnc(C)c1. The van der Waals surface area contributed by atoms with Crippen LogP contribution in [0.5, 0.6) is 5.75 Å². The summed E-state index contributed by atoms with van der Waals surface area (Å²) in [5.41, 5.74) is 1.76. The van der Waals surface area contributed by atoms with Gasteiger partial charge < -0.3 is 9.30 Å². The third-order valence-corrected chi connectivity index (χ3v) is 5.18. The first-order chi connectivity index (χ1) is 15.8. The number of alkyl halides is 3. The smallest absolute Gasteiger partial charge is 0.417 e. The van der Waals surface area contributed by atoms with E-state index in [1.807, 2.05) is 29.8 Å². The highest BCUT2D eigenvalue weighted by atomic mass is 19.4. The molecule has 3 aromatic heterocycles. The van der Waals surface area contributed by atoms with Crippen LogP contribution in [0.4, 0.5) is 13.2 Å². The van der Waals surface area contributed by atoms with Gasteiger partial charge >= 0.3 is 6.18 Å². The molecule has 0 bridgehead atoms. The maximum atomic E-state index is 13.6. The number of hydrogen-bond acceptors (Lipinski definition) is 5. The number of aromatic nitrogens is 6. The van der Waals surface area contributed by atoms with Gasteiger partial charge in [-0.3, -0.25) is 0 Å². The Bertz CT molecular complexity index is 1470. The van der Waals surface area contributed by atoms with E-state index in [0.29, 0.717) is 17.1 Å². The minimum Gasteiger partial charge on any atom is -0.495 e. The van der Waals surface area contributed by atoms with Crippen molar-refractivity contribution in [3.63, 3.8) is 0 Å². The highest BCUT2D eigenvalue weighted by molar-refractivity contribution is 5.68. The molecule has 10 heteroatoms. The summed E-state index contributed by atoms with van der Waals surface area (Å²) in [7, 11) is 1.55. The zero-order chi connectivity index (χ0) is 23.2. The topological polar surface area (TPSA) is 70.1 Å². The van der Waals surface area contributed by atoms with Gasteiger partial charge in [0.1, 0.15) is 5.75 Å². The first kappa shape index (κ1) is 20.7. The molecular weight excluding hydrogens is 433 g/mol. The molecule has 0 aliphatic rings. The lowest BCUT2D eigenvalue weighted by atomic mass is 10.0. The van der Waals surface area contributed by atoms with Crippen molar-refractivity contribution in [3.8, 4) is 34.1 Å². The van der Waals surface area contributed by atoms with Gasteiger partial charge in [0, 0.05) is 23.5 Å². The number of imidazole rings is 1. The van der Waals surface area contributed by atoms with Crippen LogP contribution in [0.2, 0.25) is 0 Å². The van der Waals surface area contributed by atoms with Crippen LogP contribution in [-0.2, 0) is 6.18 Å². The number of halogens is 3. The van der Waals surface area contributed by atoms with E-state index in [-0.39, 0.29) is 17.0 Å². The van der Waals surface area contributed by atoms with Crippen LogP contribution < -0.4 is 4.74 Å². The van der Waals surface area contributed by atoms with Crippen molar-refractivity contribution >= 4 is 5.78 Å². The third-order valence-electron chi connectivity index (χ3n) is 5.18. The highest BCUT2D eigenvalue weighted by Gasteiger charge is 2.34. The number of methoxy groups -OCH3 is 1. The van der Waals surface area contributed by atoms with Crippen LogP contribution in [0, 0.1) is 6.92 Å². The normalized spacial score (nSPS) is 11.8. The predicted molar refractivity (Wildman–Crippen MR) is 115 cm³/mol. The summed E-state index contributed by atoms with van der Waals surface area (Å²) in [6, 6.07) is 12.3. The molecule has 2 aromatic carbocycles. The van der Waals surface area contributed by atoms with Gasteiger partial charge in [-0.15, -0.1) is 5.10 Å². The summed E-state index contributed by atoms with van der Waals surface area (Å²) in [5.74, 6) is 1.07. The van der Waals surface area contributed by atoms with E-state index in [2.05, 4.69) is 20.1 Å². The largest absolute Gasteiger partial charge is 0.495 e. The number of benzene rings is 2. The number of hydrogen-bond donors (Lipinski definition) is 0. The molecule has 0 aliphatic carbocycles. The zero-order valence-corrected chi connectivity index (χ0v) is 17.6. The molecule has 0 fully saturated rings. The van der Waals surface area contributed by atoms with Crippen molar-refractivity contribution in [2.75, 3.05) is 7.11 Å². The van der Waals surface area contributed by atoms with Crippen molar-refractivity contribution in [2.24, 2.45) is 0 Å². The average molecular weight is 450 g/mol. The Balaban J connectivity index is 1.63. The minimum absolute atomic E-state index is 0.00254. The maximum absolute atomic E-state index is 13.6. The van der Waals surface area contributed by atoms with E-state index >= 15 is 0 Å². The Labute approximate surface area is 186 Å². The molecular formula is C23H17F3N6O. The molecule has 0 amide bonds. The van der Waals surface area contributed by atoms with Gasteiger partial charge in [-0.25, -0.2) is 9.97 Å². The molecule has 0 aliphatic heterocycles. The summed E-state index contributed by atoms with van der Waals surface area (Å²) >= 11 is 0. The van der Waals surface area contributed by atoms with Crippen molar-refractivity contribution in [1.29, 1.82) is 0 Å². The molecule has 0 radical (unpaired) electrons. The summed E-state index contributed by atoms with van der Waals surface area (Å²) < 4.78 is 49.5. The molecule has 7 nitrogen and oxygen atoms in total. The second kappa shape index (κ2) is 7.73. The number of fused-ring (bicyclic) bond motifs is 1. The Morgan fingerprint density at radius 3 is 2.55 bits per heavy atom. The molecule has 0 unspecified atom stereocenters. The molecule has 0 saturated carbocycles. The van der Waals surface area contributed by atoms with E-state index in [1.165, 1.54) is 28.9 Å². The number of ether oxygens (including phenoxy) is 1.